The van der Waals surface area contributed by atoms with E-state index in [0.717, 1.165) is 4.90 Å². The highest BCUT2D eigenvalue weighted by atomic mass is 16.4. The minimum absolute atomic E-state index is 0.213. The molecule has 0 saturated heterocycles. The normalized spacial score (nSPS) is 15.6. The Labute approximate surface area is 103 Å². The monoisotopic (exact) mass is 246 g/mol. The standard InChI is InChI=1S/C12H10N2O4/c1-6-7(2)11(16)14(10(6)15)8-3-4-13-9(5-8)12(17)18/h3-5H,1-2H3,(H,17,18). The molecule has 0 bridgehead atoms. The Bertz CT molecular complexity index is 580. The summed E-state index contributed by atoms with van der Waals surface area (Å²) in [5.41, 5.74) is 0.742. The van der Waals surface area contributed by atoms with Crippen molar-refractivity contribution >= 4 is 23.5 Å². The van der Waals surface area contributed by atoms with Crippen molar-refractivity contribution in [3.8, 4) is 0 Å². The predicted molar refractivity (Wildman–Crippen MR) is 62.1 cm³/mol. The topological polar surface area (TPSA) is 87.6 Å². The van der Waals surface area contributed by atoms with Gasteiger partial charge in [0.05, 0.1) is 5.69 Å². The van der Waals surface area contributed by atoms with Crippen molar-refractivity contribution in [3.63, 3.8) is 0 Å². The number of carbonyl (C=O) groups excluding carboxylic acids is 2. The summed E-state index contributed by atoms with van der Waals surface area (Å²) in [5, 5.41) is 8.83. The number of hydrogen-bond acceptors (Lipinski definition) is 4. The first-order chi connectivity index (χ1) is 8.43. The summed E-state index contributed by atoms with van der Waals surface area (Å²) in [7, 11) is 0. The molecule has 0 fully saturated rings. The van der Waals surface area contributed by atoms with Crippen LogP contribution in [-0.4, -0.2) is 27.9 Å². The maximum absolute atomic E-state index is 11.9. The first kappa shape index (κ1) is 12.0. The van der Waals surface area contributed by atoms with Crippen LogP contribution in [0.1, 0.15) is 24.3 Å². The van der Waals surface area contributed by atoms with Gasteiger partial charge in [-0.2, -0.15) is 0 Å². The molecule has 2 amide bonds. The number of imide groups is 1. The van der Waals surface area contributed by atoms with Gasteiger partial charge in [-0.05, 0) is 26.0 Å². The summed E-state index contributed by atoms with van der Waals surface area (Å²) in [6.07, 6.45) is 1.25. The molecule has 0 aromatic carbocycles. The highest BCUT2D eigenvalue weighted by molar-refractivity contribution is 6.32. The van der Waals surface area contributed by atoms with E-state index in [4.69, 9.17) is 5.11 Å². The summed E-state index contributed by atoms with van der Waals surface area (Å²) in [6, 6.07) is 2.62. The Balaban J connectivity index is 2.46. The van der Waals surface area contributed by atoms with Gasteiger partial charge in [-0.3, -0.25) is 9.59 Å². The zero-order valence-electron chi connectivity index (χ0n) is 9.80. The van der Waals surface area contributed by atoms with Crippen LogP contribution in [0.15, 0.2) is 29.5 Å². The Morgan fingerprint density at radius 2 is 1.78 bits per heavy atom. The second-order valence-corrected chi connectivity index (χ2v) is 3.90. The summed E-state index contributed by atoms with van der Waals surface area (Å²) < 4.78 is 0. The van der Waals surface area contributed by atoms with E-state index in [1.54, 1.807) is 13.8 Å². The molecule has 0 unspecified atom stereocenters. The number of aromatic carboxylic acids is 1. The largest absolute Gasteiger partial charge is 0.477 e. The number of hydrogen-bond donors (Lipinski definition) is 1. The lowest BCUT2D eigenvalue weighted by Gasteiger charge is -2.14. The molecule has 18 heavy (non-hydrogen) atoms. The first-order valence-corrected chi connectivity index (χ1v) is 5.19. The Morgan fingerprint density at radius 3 is 2.28 bits per heavy atom. The number of rotatable bonds is 2. The van der Waals surface area contributed by atoms with Crippen molar-refractivity contribution in [3.05, 3.63) is 35.2 Å². The van der Waals surface area contributed by atoms with Crippen LogP contribution in [-0.2, 0) is 9.59 Å². The predicted octanol–water partition coefficient (Wildman–Crippen LogP) is 0.989. The van der Waals surface area contributed by atoms with E-state index >= 15 is 0 Å². The third-order valence-corrected chi connectivity index (χ3v) is 2.83. The third kappa shape index (κ3) is 1.67. The molecule has 1 aromatic rings. The summed E-state index contributed by atoms with van der Waals surface area (Å²) in [5.74, 6) is -2.07. The van der Waals surface area contributed by atoms with Gasteiger partial charge in [-0.1, -0.05) is 0 Å². The van der Waals surface area contributed by atoms with Gasteiger partial charge < -0.3 is 5.11 Å². The zero-order valence-corrected chi connectivity index (χ0v) is 9.80. The van der Waals surface area contributed by atoms with E-state index in [9.17, 15) is 14.4 Å². The minimum atomic E-state index is -1.21. The fourth-order valence-electron chi connectivity index (χ4n) is 1.66. The molecule has 0 aliphatic carbocycles. The molecule has 6 nitrogen and oxygen atoms in total. The SMILES string of the molecule is CC1=C(C)C(=O)N(c2ccnc(C(=O)O)c2)C1=O. The fourth-order valence-corrected chi connectivity index (χ4v) is 1.66. The van der Waals surface area contributed by atoms with Crippen LogP contribution in [0.2, 0.25) is 0 Å². The molecule has 92 valence electrons. The van der Waals surface area contributed by atoms with Gasteiger partial charge >= 0.3 is 5.97 Å². The lowest BCUT2D eigenvalue weighted by molar-refractivity contribution is -0.120. The van der Waals surface area contributed by atoms with Gasteiger partial charge in [0.25, 0.3) is 11.8 Å². The van der Waals surface area contributed by atoms with Crippen molar-refractivity contribution in [1.29, 1.82) is 0 Å². The number of carboxylic acid groups (broad SMARTS) is 1. The smallest absolute Gasteiger partial charge is 0.354 e. The van der Waals surface area contributed by atoms with Crippen LogP contribution >= 0.6 is 0 Å². The summed E-state index contributed by atoms with van der Waals surface area (Å²) in [4.78, 5) is 39.2. The zero-order chi connectivity index (χ0) is 13.4. The van der Waals surface area contributed by atoms with Crippen molar-refractivity contribution in [2.24, 2.45) is 0 Å². The van der Waals surface area contributed by atoms with Gasteiger partial charge in [0.1, 0.15) is 5.69 Å². The second kappa shape index (κ2) is 4.06. The van der Waals surface area contributed by atoms with E-state index in [-0.39, 0.29) is 11.4 Å². The molecule has 1 aliphatic heterocycles. The number of carbonyl (C=O) groups is 3. The Morgan fingerprint density at radius 1 is 1.22 bits per heavy atom. The van der Waals surface area contributed by atoms with Crippen molar-refractivity contribution < 1.29 is 19.5 Å². The molecule has 0 atom stereocenters. The van der Waals surface area contributed by atoms with Crippen LogP contribution in [0.3, 0.4) is 0 Å². The highest BCUT2D eigenvalue weighted by Crippen LogP contribution is 2.26. The van der Waals surface area contributed by atoms with E-state index in [0.29, 0.717) is 11.1 Å². The van der Waals surface area contributed by atoms with Gasteiger partial charge in [0.15, 0.2) is 0 Å². The second-order valence-electron chi connectivity index (χ2n) is 3.90. The maximum Gasteiger partial charge on any atom is 0.354 e. The van der Waals surface area contributed by atoms with Gasteiger partial charge in [0, 0.05) is 17.3 Å². The third-order valence-electron chi connectivity index (χ3n) is 2.83. The van der Waals surface area contributed by atoms with Gasteiger partial charge in [0.2, 0.25) is 0 Å². The molecule has 1 aliphatic rings. The Hall–Kier alpha value is -2.50. The number of amides is 2. The van der Waals surface area contributed by atoms with Crippen LogP contribution in [0.5, 0.6) is 0 Å². The minimum Gasteiger partial charge on any atom is -0.477 e. The number of aromatic nitrogens is 1. The molecule has 0 saturated carbocycles. The van der Waals surface area contributed by atoms with Gasteiger partial charge in [-0.15, -0.1) is 0 Å². The fraction of sp³-hybridized carbons (Fsp3) is 0.167. The van der Waals surface area contributed by atoms with Crippen molar-refractivity contribution in [1.82, 2.24) is 4.98 Å². The molecule has 0 radical (unpaired) electrons. The average Bonchev–Trinajstić information content (AvgIpc) is 2.54. The number of nitrogens with zero attached hydrogens (tertiary/aromatic N) is 2. The summed E-state index contributed by atoms with van der Waals surface area (Å²) in [6.45, 7) is 3.13. The molecule has 2 heterocycles. The van der Waals surface area contributed by atoms with Crippen molar-refractivity contribution in [2.45, 2.75) is 13.8 Å². The van der Waals surface area contributed by atoms with Crippen LogP contribution in [0.4, 0.5) is 5.69 Å². The van der Waals surface area contributed by atoms with Crippen LogP contribution in [0.25, 0.3) is 0 Å². The lowest BCUT2D eigenvalue weighted by Crippen LogP contribution is -2.31. The Kier molecular flexibility index (Phi) is 2.70. The average molecular weight is 246 g/mol. The lowest BCUT2D eigenvalue weighted by atomic mass is 10.2. The molecule has 6 heteroatoms. The van der Waals surface area contributed by atoms with Crippen molar-refractivity contribution in [2.75, 3.05) is 4.90 Å². The molecule has 2 rings (SSSR count). The van der Waals surface area contributed by atoms with E-state index in [1.807, 2.05) is 0 Å². The molecule has 1 aromatic heterocycles. The quantitative estimate of drug-likeness (QED) is 0.786. The molecule has 0 spiro atoms. The molecular formula is C12H10N2O4. The maximum atomic E-state index is 11.9. The number of pyridine rings is 1. The molecular weight excluding hydrogens is 236 g/mol. The highest BCUT2D eigenvalue weighted by Gasteiger charge is 2.34. The van der Waals surface area contributed by atoms with E-state index in [1.165, 1.54) is 18.3 Å². The first-order valence-electron chi connectivity index (χ1n) is 5.19. The number of carboxylic acids is 1. The van der Waals surface area contributed by atoms with E-state index < -0.39 is 17.8 Å². The van der Waals surface area contributed by atoms with Crippen LogP contribution in [0, 0.1) is 0 Å². The van der Waals surface area contributed by atoms with Crippen LogP contribution < -0.4 is 4.90 Å². The van der Waals surface area contributed by atoms with Gasteiger partial charge in [-0.25, -0.2) is 14.7 Å². The number of anilines is 1. The van der Waals surface area contributed by atoms with E-state index in [2.05, 4.69) is 4.98 Å². The summed E-state index contributed by atoms with van der Waals surface area (Å²) >= 11 is 0. The molecule has 1 N–H and O–H groups in total.